The van der Waals surface area contributed by atoms with Gasteiger partial charge in [0.1, 0.15) is 5.82 Å². The first-order valence-corrected chi connectivity index (χ1v) is 5.17. The van der Waals surface area contributed by atoms with Crippen LogP contribution in [0.15, 0.2) is 18.3 Å². The minimum absolute atomic E-state index is 0.651. The van der Waals surface area contributed by atoms with Crippen molar-refractivity contribution in [1.29, 1.82) is 0 Å². The summed E-state index contributed by atoms with van der Waals surface area (Å²) in [5, 5.41) is 0. The van der Waals surface area contributed by atoms with Gasteiger partial charge in [-0.05, 0) is 37.4 Å². The first-order valence-electron chi connectivity index (χ1n) is 5.17. The van der Waals surface area contributed by atoms with E-state index in [2.05, 4.69) is 28.9 Å². The summed E-state index contributed by atoms with van der Waals surface area (Å²) in [6.07, 6.45) is 3.12. The fourth-order valence-corrected chi connectivity index (χ4v) is 1.88. The lowest BCUT2D eigenvalue weighted by atomic mass is 10.1. The van der Waals surface area contributed by atoms with Gasteiger partial charge < -0.3 is 10.6 Å². The first kappa shape index (κ1) is 9.46. The Morgan fingerprint density at radius 1 is 1.57 bits per heavy atom. The molecule has 1 aliphatic rings. The predicted molar refractivity (Wildman–Crippen MR) is 58.3 cm³/mol. The predicted octanol–water partition coefficient (Wildman–Crippen LogP) is 1.18. The normalized spacial score (nSPS) is 21.6. The van der Waals surface area contributed by atoms with E-state index in [1.165, 1.54) is 12.0 Å². The molecular weight excluding hydrogens is 174 g/mol. The number of aromatic nitrogens is 1. The summed E-state index contributed by atoms with van der Waals surface area (Å²) in [6.45, 7) is 5.01. The molecule has 0 radical (unpaired) electrons. The molecule has 0 aliphatic carbocycles. The zero-order valence-electron chi connectivity index (χ0n) is 8.61. The number of pyridine rings is 1. The minimum atomic E-state index is 0.651. The fraction of sp³-hybridized carbons (Fsp3) is 0.545. The van der Waals surface area contributed by atoms with Crippen LogP contribution in [0, 0.1) is 12.8 Å². The number of hydrogen-bond acceptors (Lipinski definition) is 3. The van der Waals surface area contributed by atoms with Crippen molar-refractivity contribution in [1.82, 2.24) is 4.98 Å². The van der Waals surface area contributed by atoms with Crippen LogP contribution in [0.1, 0.15) is 12.0 Å². The summed E-state index contributed by atoms with van der Waals surface area (Å²) in [7, 11) is 0. The van der Waals surface area contributed by atoms with Gasteiger partial charge in [0.15, 0.2) is 0 Å². The maximum atomic E-state index is 5.65. The summed E-state index contributed by atoms with van der Waals surface area (Å²) in [6, 6.07) is 4.20. The van der Waals surface area contributed by atoms with Crippen molar-refractivity contribution in [2.45, 2.75) is 13.3 Å². The Balaban J connectivity index is 2.06. The number of nitrogens with zero attached hydrogens (tertiary/aromatic N) is 2. The topological polar surface area (TPSA) is 42.1 Å². The average Bonchev–Trinajstić information content (AvgIpc) is 2.67. The van der Waals surface area contributed by atoms with Crippen molar-refractivity contribution in [2.24, 2.45) is 11.7 Å². The van der Waals surface area contributed by atoms with Crippen molar-refractivity contribution < 1.29 is 0 Å². The van der Waals surface area contributed by atoms with E-state index in [0.717, 1.165) is 25.5 Å². The smallest absolute Gasteiger partial charge is 0.128 e. The summed E-state index contributed by atoms with van der Waals surface area (Å²) < 4.78 is 0. The van der Waals surface area contributed by atoms with Crippen LogP contribution in [0.2, 0.25) is 0 Å². The molecule has 1 aromatic rings. The highest BCUT2D eigenvalue weighted by Crippen LogP contribution is 2.21. The van der Waals surface area contributed by atoms with E-state index in [1.807, 2.05) is 6.20 Å². The molecule has 1 saturated heterocycles. The number of aryl methyl sites for hydroxylation is 1. The van der Waals surface area contributed by atoms with Gasteiger partial charge in [-0.15, -0.1) is 0 Å². The van der Waals surface area contributed by atoms with Crippen LogP contribution in [0.25, 0.3) is 0 Å². The molecule has 0 bridgehead atoms. The Bertz CT molecular complexity index is 294. The lowest BCUT2D eigenvalue weighted by molar-refractivity contribution is 0.602. The molecule has 0 aromatic carbocycles. The highest BCUT2D eigenvalue weighted by molar-refractivity contribution is 5.40. The molecule has 0 spiro atoms. The molecule has 76 valence electrons. The van der Waals surface area contributed by atoms with E-state index in [1.54, 1.807) is 0 Å². The van der Waals surface area contributed by atoms with Crippen LogP contribution in [0.5, 0.6) is 0 Å². The molecule has 1 atom stereocenters. The van der Waals surface area contributed by atoms with E-state index in [9.17, 15) is 0 Å². The Hall–Kier alpha value is -1.09. The van der Waals surface area contributed by atoms with Crippen molar-refractivity contribution >= 4 is 5.82 Å². The van der Waals surface area contributed by atoms with E-state index in [0.29, 0.717) is 5.92 Å². The molecule has 1 aliphatic heterocycles. The standard InChI is InChI=1S/C11H17N3/c1-9-2-3-11(13-7-9)14-5-4-10(6-12)8-14/h2-3,7,10H,4-6,8,12H2,1H3/t10-/m1/s1. The first-order chi connectivity index (χ1) is 6.79. The summed E-state index contributed by atoms with van der Waals surface area (Å²) in [4.78, 5) is 6.73. The van der Waals surface area contributed by atoms with Crippen LogP contribution >= 0.6 is 0 Å². The number of nitrogens with two attached hydrogens (primary N) is 1. The molecule has 2 N–H and O–H groups in total. The zero-order valence-corrected chi connectivity index (χ0v) is 8.61. The van der Waals surface area contributed by atoms with Gasteiger partial charge >= 0.3 is 0 Å². The van der Waals surface area contributed by atoms with Crippen LogP contribution in [0.4, 0.5) is 5.82 Å². The fourth-order valence-electron chi connectivity index (χ4n) is 1.88. The van der Waals surface area contributed by atoms with E-state index in [-0.39, 0.29) is 0 Å². The summed E-state index contributed by atoms with van der Waals surface area (Å²) >= 11 is 0. The third-order valence-corrected chi connectivity index (χ3v) is 2.84. The number of anilines is 1. The SMILES string of the molecule is Cc1ccc(N2CC[C@H](CN)C2)nc1. The zero-order chi connectivity index (χ0) is 9.97. The van der Waals surface area contributed by atoms with E-state index < -0.39 is 0 Å². The van der Waals surface area contributed by atoms with Gasteiger partial charge in [0.25, 0.3) is 0 Å². The van der Waals surface area contributed by atoms with Crippen molar-refractivity contribution in [3.05, 3.63) is 23.9 Å². The van der Waals surface area contributed by atoms with Crippen molar-refractivity contribution in [2.75, 3.05) is 24.5 Å². The van der Waals surface area contributed by atoms with E-state index >= 15 is 0 Å². The van der Waals surface area contributed by atoms with Crippen molar-refractivity contribution in [3.63, 3.8) is 0 Å². The highest BCUT2D eigenvalue weighted by Gasteiger charge is 2.21. The molecule has 3 heteroatoms. The Labute approximate surface area is 84.9 Å². The van der Waals surface area contributed by atoms with Crippen LogP contribution in [0.3, 0.4) is 0 Å². The maximum absolute atomic E-state index is 5.65. The third kappa shape index (κ3) is 1.87. The third-order valence-electron chi connectivity index (χ3n) is 2.84. The van der Waals surface area contributed by atoms with Gasteiger partial charge in [-0.2, -0.15) is 0 Å². The molecule has 14 heavy (non-hydrogen) atoms. The van der Waals surface area contributed by atoms with Gasteiger partial charge in [0.05, 0.1) is 0 Å². The Kier molecular flexibility index (Phi) is 2.68. The van der Waals surface area contributed by atoms with Crippen LogP contribution in [-0.2, 0) is 0 Å². The minimum Gasteiger partial charge on any atom is -0.356 e. The lowest BCUT2D eigenvalue weighted by Gasteiger charge is -2.16. The van der Waals surface area contributed by atoms with E-state index in [4.69, 9.17) is 5.73 Å². The van der Waals surface area contributed by atoms with Crippen LogP contribution < -0.4 is 10.6 Å². The molecule has 1 aromatic heterocycles. The Morgan fingerprint density at radius 3 is 3.00 bits per heavy atom. The number of rotatable bonds is 2. The van der Waals surface area contributed by atoms with Crippen LogP contribution in [-0.4, -0.2) is 24.6 Å². The largest absolute Gasteiger partial charge is 0.356 e. The monoisotopic (exact) mass is 191 g/mol. The second kappa shape index (κ2) is 3.96. The molecular formula is C11H17N3. The molecule has 2 heterocycles. The van der Waals surface area contributed by atoms with Crippen molar-refractivity contribution in [3.8, 4) is 0 Å². The molecule has 3 nitrogen and oxygen atoms in total. The molecule has 0 amide bonds. The second-order valence-electron chi connectivity index (χ2n) is 4.03. The van der Waals surface area contributed by atoms with Gasteiger partial charge in [0, 0.05) is 19.3 Å². The summed E-state index contributed by atoms with van der Waals surface area (Å²) in [5.41, 5.74) is 6.86. The average molecular weight is 191 g/mol. The quantitative estimate of drug-likeness (QED) is 0.763. The number of hydrogen-bond donors (Lipinski definition) is 1. The summed E-state index contributed by atoms with van der Waals surface area (Å²) in [5.74, 6) is 1.74. The Morgan fingerprint density at radius 2 is 2.43 bits per heavy atom. The lowest BCUT2D eigenvalue weighted by Crippen LogP contribution is -2.23. The van der Waals surface area contributed by atoms with Gasteiger partial charge in [-0.25, -0.2) is 4.98 Å². The van der Waals surface area contributed by atoms with Gasteiger partial charge in [-0.1, -0.05) is 6.07 Å². The second-order valence-corrected chi connectivity index (χ2v) is 4.03. The molecule has 0 saturated carbocycles. The molecule has 1 fully saturated rings. The van der Waals surface area contributed by atoms with Gasteiger partial charge in [0.2, 0.25) is 0 Å². The molecule has 0 unspecified atom stereocenters. The molecule has 2 rings (SSSR count). The van der Waals surface area contributed by atoms with Gasteiger partial charge in [-0.3, -0.25) is 0 Å². The highest BCUT2D eigenvalue weighted by atomic mass is 15.2. The maximum Gasteiger partial charge on any atom is 0.128 e.